The second kappa shape index (κ2) is 17.8. The van der Waals surface area contributed by atoms with Gasteiger partial charge in [0.1, 0.15) is 12.0 Å². The summed E-state index contributed by atoms with van der Waals surface area (Å²) in [7, 11) is 3.30. The number of alkyl halides is 3. The second-order valence-electron chi connectivity index (χ2n) is 8.83. The van der Waals surface area contributed by atoms with Crippen LogP contribution in [-0.2, 0) is 20.9 Å². The van der Waals surface area contributed by atoms with Crippen LogP contribution in [0.15, 0.2) is 72.8 Å². The van der Waals surface area contributed by atoms with E-state index in [1.54, 1.807) is 25.2 Å². The molecule has 0 heterocycles. The van der Waals surface area contributed by atoms with Crippen LogP contribution in [0.2, 0.25) is 0 Å². The Kier molecular flexibility index (Phi) is 15.3. The lowest BCUT2D eigenvalue weighted by Gasteiger charge is -2.24. The number of aldehydes is 1. The molecule has 0 saturated carbocycles. The zero-order valence-electron chi connectivity index (χ0n) is 24.1. The van der Waals surface area contributed by atoms with Crippen molar-refractivity contribution in [3.8, 4) is 5.75 Å². The number of anilines is 1. The van der Waals surface area contributed by atoms with Gasteiger partial charge in [0.05, 0.1) is 19.6 Å². The molecule has 0 spiro atoms. The number of carbonyl (C=O) groups is 2. The molecule has 1 atom stereocenters. The maximum Gasteiger partial charge on any atom is 0.398 e. The Balaban J connectivity index is 0.00000103. The molecule has 0 fully saturated rings. The Bertz CT molecular complexity index is 1170. The zero-order chi connectivity index (χ0) is 30.1. The van der Waals surface area contributed by atoms with Crippen LogP contribution in [0.5, 0.6) is 5.75 Å². The highest BCUT2D eigenvalue weighted by atomic mass is 19.4. The topological polar surface area (TPSA) is 55.8 Å². The Morgan fingerprint density at radius 3 is 2.30 bits per heavy atom. The van der Waals surface area contributed by atoms with Crippen molar-refractivity contribution in [3.05, 3.63) is 89.5 Å². The lowest BCUT2D eigenvalue weighted by atomic mass is 10.0. The van der Waals surface area contributed by atoms with Crippen LogP contribution < -0.4 is 9.64 Å². The van der Waals surface area contributed by atoms with Crippen LogP contribution in [-0.4, -0.2) is 39.2 Å². The molecule has 40 heavy (non-hydrogen) atoms. The number of methoxy groups -OCH3 is 2. The Morgan fingerprint density at radius 2 is 1.75 bits per heavy atom. The number of nitrogens with zero attached hydrogens (tertiary/aromatic N) is 1. The molecule has 1 aliphatic carbocycles. The highest BCUT2D eigenvalue weighted by molar-refractivity contribution is 5.94. The van der Waals surface area contributed by atoms with Gasteiger partial charge in [0, 0.05) is 25.8 Å². The van der Waals surface area contributed by atoms with Crippen LogP contribution in [0, 0.1) is 12.8 Å². The van der Waals surface area contributed by atoms with Crippen molar-refractivity contribution in [1.29, 1.82) is 0 Å². The van der Waals surface area contributed by atoms with Gasteiger partial charge in [-0.15, -0.1) is 0 Å². The Labute approximate surface area is 236 Å². The molecule has 0 radical (unpaired) electrons. The summed E-state index contributed by atoms with van der Waals surface area (Å²) < 4.78 is 49.1. The number of rotatable bonds is 8. The van der Waals surface area contributed by atoms with Crippen molar-refractivity contribution in [3.63, 3.8) is 0 Å². The fraction of sp³-hybridized carbons (Fsp3) is 0.375. The quantitative estimate of drug-likeness (QED) is 0.309. The number of hydrogen-bond acceptors (Lipinski definition) is 4. The van der Waals surface area contributed by atoms with Crippen LogP contribution in [0.4, 0.5) is 18.9 Å². The minimum atomic E-state index is -4.32. The van der Waals surface area contributed by atoms with Crippen LogP contribution in [0.25, 0.3) is 5.57 Å². The first-order chi connectivity index (χ1) is 19.1. The van der Waals surface area contributed by atoms with Gasteiger partial charge in [-0.05, 0) is 67.7 Å². The van der Waals surface area contributed by atoms with E-state index < -0.39 is 12.1 Å². The van der Waals surface area contributed by atoms with Gasteiger partial charge >= 0.3 is 6.18 Å². The lowest BCUT2D eigenvalue weighted by molar-refractivity contribution is -0.148. The molecule has 1 amide bonds. The molecule has 0 aliphatic heterocycles. The van der Waals surface area contributed by atoms with Crippen LogP contribution >= 0.6 is 0 Å². The molecule has 1 unspecified atom stereocenters. The number of hydrogen-bond donors (Lipinski definition) is 0. The van der Waals surface area contributed by atoms with Crippen molar-refractivity contribution >= 4 is 23.5 Å². The molecular formula is C32H40F3NO4. The molecule has 0 bridgehead atoms. The Morgan fingerprint density at radius 1 is 1.07 bits per heavy atom. The Hall–Kier alpha value is -3.65. The summed E-state index contributed by atoms with van der Waals surface area (Å²) in [4.78, 5) is 23.5. The highest BCUT2D eigenvalue weighted by Crippen LogP contribution is 2.32. The number of carbonyl (C=O) groups excluding carboxylic acids is 2. The maximum atomic E-state index is 13.1. The van der Waals surface area contributed by atoms with E-state index in [1.807, 2.05) is 63.2 Å². The minimum Gasteiger partial charge on any atom is -0.496 e. The predicted molar refractivity (Wildman–Crippen MR) is 155 cm³/mol. The molecule has 8 heteroatoms. The van der Waals surface area contributed by atoms with Gasteiger partial charge in [-0.1, -0.05) is 61.6 Å². The SMILES string of the molecule is CC=O.CCCC(=O)N(Cc1ccc(OC)c(C)c1)c1cccc(C2=CC=CC(C(F)(F)F)C=C2)c1.CCOC. The number of amides is 1. The summed E-state index contributed by atoms with van der Waals surface area (Å²) >= 11 is 0. The van der Waals surface area contributed by atoms with Crippen molar-refractivity contribution in [2.75, 3.05) is 25.7 Å². The van der Waals surface area contributed by atoms with Crippen molar-refractivity contribution in [1.82, 2.24) is 0 Å². The molecule has 2 aromatic carbocycles. The van der Waals surface area contributed by atoms with Gasteiger partial charge in [-0.2, -0.15) is 13.2 Å². The summed E-state index contributed by atoms with van der Waals surface area (Å²) in [6.45, 7) is 8.51. The van der Waals surface area contributed by atoms with E-state index in [0.717, 1.165) is 47.5 Å². The molecule has 0 N–H and O–H groups in total. The summed E-state index contributed by atoms with van der Waals surface area (Å²) in [5, 5.41) is 0. The van der Waals surface area contributed by atoms with E-state index in [2.05, 4.69) is 4.74 Å². The maximum absolute atomic E-state index is 13.1. The number of benzene rings is 2. The minimum absolute atomic E-state index is 0.00876. The molecule has 2 aromatic rings. The van der Waals surface area contributed by atoms with Crippen molar-refractivity contribution in [2.45, 2.75) is 53.3 Å². The first kappa shape index (κ1) is 34.4. The molecule has 5 nitrogen and oxygen atoms in total. The monoisotopic (exact) mass is 559 g/mol. The van der Waals surface area contributed by atoms with Crippen LogP contribution in [0.1, 0.15) is 50.3 Å². The van der Waals surface area contributed by atoms with Gasteiger partial charge in [-0.25, -0.2) is 0 Å². The smallest absolute Gasteiger partial charge is 0.398 e. The first-order valence-corrected chi connectivity index (χ1v) is 13.1. The van der Waals surface area contributed by atoms with Crippen molar-refractivity contribution in [2.24, 2.45) is 5.92 Å². The second-order valence-corrected chi connectivity index (χ2v) is 8.83. The first-order valence-electron chi connectivity index (χ1n) is 13.1. The zero-order valence-corrected chi connectivity index (χ0v) is 24.1. The number of allylic oxidation sites excluding steroid dienone is 6. The average molecular weight is 560 g/mol. The van der Waals surface area contributed by atoms with Gasteiger partial charge in [-0.3, -0.25) is 4.79 Å². The molecule has 3 rings (SSSR count). The molecule has 0 saturated heterocycles. The van der Waals surface area contributed by atoms with Crippen LogP contribution in [0.3, 0.4) is 0 Å². The van der Waals surface area contributed by atoms with Gasteiger partial charge < -0.3 is 19.2 Å². The molecule has 218 valence electrons. The van der Waals surface area contributed by atoms with E-state index in [0.29, 0.717) is 30.6 Å². The number of aryl methyl sites for hydroxylation is 1. The lowest BCUT2D eigenvalue weighted by Crippen LogP contribution is -2.30. The third-order valence-electron chi connectivity index (χ3n) is 5.80. The van der Waals surface area contributed by atoms with Gasteiger partial charge in [0.15, 0.2) is 0 Å². The summed E-state index contributed by atoms with van der Waals surface area (Å²) in [6, 6.07) is 13.2. The number of halogens is 3. The van der Waals surface area contributed by atoms with Gasteiger partial charge in [0.2, 0.25) is 5.91 Å². The highest BCUT2D eigenvalue weighted by Gasteiger charge is 2.36. The summed E-state index contributed by atoms with van der Waals surface area (Å²) in [5.41, 5.74) is 4.05. The van der Waals surface area contributed by atoms with E-state index in [9.17, 15) is 18.0 Å². The van der Waals surface area contributed by atoms with E-state index >= 15 is 0 Å². The average Bonchev–Trinajstić information content (AvgIpc) is 3.19. The fourth-order valence-electron chi connectivity index (χ4n) is 3.76. The molecular weight excluding hydrogens is 519 g/mol. The summed E-state index contributed by atoms with van der Waals surface area (Å²) in [6.07, 6.45) is 4.41. The predicted octanol–water partition coefficient (Wildman–Crippen LogP) is 7.88. The molecule has 1 aliphatic rings. The number of ether oxygens (including phenoxy) is 2. The standard InChI is InChI=1S/C27H28F3NO2.C3H8O.C2H4O/c1-4-7-26(32)31(18-20-12-15-25(33-3)19(2)16-20)24-11-6-9-22(17-24)21-8-5-10-23(14-13-21)27(28,29)30;1-3-4-2;1-2-3/h5-6,8-17,23H,4,7,18H2,1-3H3;3H2,1-2H3;2H,1H3. The van der Waals surface area contributed by atoms with E-state index in [4.69, 9.17) is 9.53 Å². The largest absolute Gasteiger partial charge is 0.496 e. The van der Waals surface area contributed by atoms with E-state index in [-0.39, 0.29) is 5.91 Å². The third kappa shape index (κ3) is 11.2. The normalized spacial score (nSPS) is 14.0. The van der Waals surface area contributed by atoms with Crippen molar-refractivity contribution < 1.29 is 32.2 Å². The van der Waals surface area contributed by atoms with Gasteiger partial charge in [0.25, 0.3) is 0 Å². The van der Waals surface area contributed by atoms with E-state index in [1.165, 1.54) is 19.1 Å². The fourth-order valence-corrected chi connectivity index (χ4v) is 3.76. The summed E-state index contributed by atoms with van der Waals surface area (Å²) in [5.74, 6) is -0.842. The molecule has 0 aromatic heterocycles. The third-order valence-corrected chi connectivity index (χ3v) is 5.80.